The van der Waals surface area contributed by atoms with Crippen molar-refractivity contribution in [3.63, 3.8) is 0 Å². The topological polar surface area (TPSA) is 72.0 Å². The van der Waals surface area contributed by atoms with Crippen LogP contribution in [0.5, 0.6) is 5.75 Å². The van der Waals surface area contributed by atoms with Crippen molar-refractivity contribution in [1.82, 2.24) is 10.2 Å². The van der Waals surface area contributed by atoms with E-state index in [-0.39, 0.29) is 10.6 Å². The van der Waals surface area contributed by atoms with Crippen LogP contribution in [-0.4, -0.2) is 25.0 Å². The third-order valence-corrected chi connectivity index (χ3v) is 4.00. The number of nitrogens with zero attached hydrogens (tertiary/aromatic N) is 1. The predicted octanol–water partition coefficient (Wildman–Crippen LogP) is 2.28. The number of aromatic nitrogens is 2. The molecular weight excluding hydrogens is 297 g/mol. The first-order valence-corrected chi connectivity index (χ1v) is 6.98. The number of sulfone groups is 1. The first-order chi connectivity index (χ1) is 9.26. The van der Waals surface area contributed by atoms with E-state index in [4.69, 9.17) is 0 Å². The fraction of sp³-hybridized carbons (Fsp3) is 0.182. The fourth-order valence-electron chi connectivity index (χ4n) is 1.50. The van der Waals surface area contributed by atoms with Gasteiger partial charge in [-0.25, -0.2) is 8.42 Å². The average molecular weight is 306 g/mol. The van der Waals surface area contributed by atoms with E-state index in [1.165, 1.54) is 12.3 Å². The first kappa shape index (κ1) is 14.4. The molecule has 9 heteroatoms. The summed E-state index contributed by atoms with van der Waals surface area (Å²) in [7, 11) is -3.65. The van der Waals surface area contributed by atoms with Crippen molar-refractivity contribution in [1.29, 1.82) is 0 Å². The molecule has 0 radical (unpaired) electrons. The van der Waals surface area contributed by atoms with E-state index in [1.807, 2.05) is 0 Å². The number of rotatable bonds is 4. The van der Waals surface area contributed by atoms with Crippen LogP contribution in [0.1, 0.15) is 5.69 Å². The summed E-state index contributed by atoms with van der Waals surface area (Å²) in [4.78, 5) is -0.0957. The largest absolute Gasteiger partial charge is 0.573 e. The molecule has 0 saturated carbocycles. The highest BCUT2D eigenvalue weighted by atomic mass is 32.2. The first-order valence-electron chi connectivity index (χ1n) is 5.33. The van der Waals surface area contributed by atoms with Crippen LogP contribution in [-0.2, 0) is 15.6 Å². The summed E-state index contributed by atoms with van der Waals surface area (Å²) in [5.41, 5.74) is 0.389. The Morgan fingerprint density at radius 3 is 2.30 bits per heavy atom. The standard InChI is InChI=1S/C11H9F3N2O3S/c12-11(13,14)19-9-1-3-10(4-2-9)20(17,18)7-8-5-6-15-16-8/h1-6H,7H2,(H,15,16). The summed E-state index contributed by atoms with van der Waals surface area (Å²) >= 11 is 0. The van der Waals surface area contributed by atoms with Gasteiger partial charge >= 0.3 is 6.36 Å². The average Bonchev–Trinajstić information content (AvgIpc) is 2.79. The van der Waals surface area contributed by atoms with Gasteiger partial charge in [0.1, 0.15) is 5.75 Å². The molecule has 0 unspecified atom stereocenters. The van der Waals surface area contributed by atoms with Gasteiger partial charge in [0, 0.05) is 6.20 Å². The van der Waals surface area contributed by atoms with E-state index in [1.54, 1.807) is 0 Å². The number of benzene rings is 1. The summed E-state index contributed by atoms with van der Waals surface area (Å²) in [6, 6.07) is 5.53. The number of hydrogen-bond donors (Lipinski definition) is 1. The number of halogens is 3. The maximum absolute atomic E-state index is 12.0. The van der Waals surface area contributed by atoms with Crippen LogP contribution >= 0.6 is 0 Å². The molecule has 0 atom stereocenters. The highest BCUT2D eigenvalue weighted by molar-refractivity contribution is 7.90. The van der Waals surface area contributed by atoms with Gasteiger partial charge in [0.25, 0.3) is 0 Å². The van der Waals surface area contributed by atoms with Gasteiger partial charge in [0.05, 0.1) is 16.3 Å². The Labute approximate surface area is 112 Å². The maximum Gasteiger partial charge on any atom is 0.573 e. The lowest BCUT2D eigenvalue weighted by atomic mass is 10.3. The van der Waals surface area contributed by atoms with Gasteiger partial charge in [-0.1, -0.05) is 0 Å². The summed E-state index contributed by atoms with van der Waals surface area (Å²) in [6.07, 6.45) is -3.40. The number of aromatic amines is 1. The number of hydrogen-bond acceptors (Lipinski definition) is 4. The second kappa shape index (κ2) is 5.16. The molecule has 1 heterocycles. The summed E-state index contributed by atoms with van der Waals surface area (Å²) in [6.45, 7) is 0. The third kappa shape index (κ3) is 3.73. The lowest BCUT2D eigenvalue weighted by Gasteiger charge is -2.09. The van der Waals surface area contributed by atoms with Crippen LogP contribution in [0.3, 0.4) is 0 Å². The summed E-state index contributed by atoms with van der Waals surface area (Å²) < 4.78 is 63.6. The van der Waals surface area contributed by atoms with E-state index in [0.29, 0.717) is 5.69 Å². The number of nitrogens with one attached hydrogen (secondary N) is 1. The minimum atomic E-state index is -4.81. The minimum absolute atomic E-state index is 0.0957. The highest BCUT2D eigenvalue weighted by Gasteiger charge is 2.31. The Hall–Kier alpha value is -2.03. The molecule has 0 fully saturated rings. The number of H-pyrrole nitrogens is 1. The van der Waals surface area contributed by atoms with Crippen LogP contribution in [0.4, 0.5) is 13.2 Å². The van der Waals surface area contributed by atoms with E-state index in [0.717, 1.165) is 24.3 Å². The van der Waals surface area contributed by atoms with Crippen molar-refractivity contribution >= 4 is 9.84 Å². The Kier molecular flexibility index (Phi) is 3.71. The molecule has 0 aliphatic carbocycles. The Morgan fingerprint density at radius 2 is 1.80 bits per heavy atom. The van der Waals surface area contributed by atoms with Crippen molar-refractivity contribution in [3.05, 3.63) is 42.2 Å². The van der Waals surface area contributed by atoms with Gasteiger partial charge in [0.15, 0.2) is 9.84 Å². The lowest BCUT2D eigenvalue weighted by molar-refractivity contribution is -0.274. The maximum atomic E-state index is 12.0. The van der Waals surface area contributed by atoms with Gasteiger partial charge in [-0.3, -0.25) is 5.10 Å². The molecule has 0 spiro atoms. The third-order valence-electron chi connectivity index (χ3n) is 2.32. The molecule has 1 N–H and O–H groups in total. The van der Waals surface area contributed by atoms with Crippen LogP contribution in [0, 0.1) is 0 Å². The van der Waals surface area contributed by atoms with Crippen molar-refractivity contribution < 1.29 is 26.3 Å². The molecule has 0 amide bonds. The van der Waals surface area contributed by atoms with E-state index in [2.05, 4.69) is 14.9 Å². The molecule has 0 bridgehead atoms. The molecule has 2 aromatic rings. The molecule has 5 nitrogen and oxygen atoms in total. The van der Waals surface area contributed by atoms with E-state index < -0.39 is 21.9 Å². The smallest absolute Gasteiger partial charge is 0.406 e. The van der Waals surface area contributed by atoms with Crippen molar-refractivity contribution in [3.8, 4) is 5.75 Å². The number of ether oxygens (including phenoxy) is 1. The lowest BCUT2D eigenvalue weighted by Crippen LogP contribution is -2.17. The zero-order valence-corrected chi connectivity index (χ0v) is 10.7. The Balaban J connectivity index is 2.17. The van der Waals surface area contributed by atoms with Crippen LogP contribution in [0.25, 0.3) is 0 Å². The quantitative estimate of drug-likeness (QED) is 0.940. The van der Waals surface area contributed by atoms with Gasteiger partial charge in [-0.2, -0.15) is 5.10 Å². The van der Waals surface area contributed by atoms with Crippen LogP contribution in [0.2, 0.25) is 0 Å². The monoisotopic (exact) mass is 306 g/mol. The molecular formula is C11H9F3N2O3S. The second-order valence-corrected chi connectivity index (χ2v) is 5.85. The molecule has 108 valence electrons. The molecule has 1 aromatic heterocycles. The van der Waals surface area contributed by atoms with Gasteiger partial charge in [-0.15, -0.1) is 13.2 Å². The fourth-order valence-corrected chi connectivity index (χ4v) is 2.79. The summed E-state index contributed by atoms with van der Waals surface area (Å²) in [5, 5.41) is 6.12. The number of alkyl halides is 3. The molecule has 0 aliphatic rings. The zero-order valence-electron chi connectivity index (χ0n) is 9.89. The van der Waals surface area contributed by atoms with Gasteiger partial charge < -0.3 is 4.74 Å². The Bertz CT molecular complexity index is 664. The zero-order chi connectivity index (χ0) is 14.8. The van der Waals surface area contributed by atoms with Crippen molar-refractivity contribution in [2.75, 3.05) is 0 Å². The highest BCUT2D eigenvalue weighted by Crippen LogP contribution is 2.24. The van der Waals surface area contributed by atoms with E-state index >= 15 is 0 Å². The van der Waals surface area contributed by atoms with Gasteiger partial charge in [-0.05, 0) is 30.3 Å². The van der Waals surface area contributed by atoms with Crippen LogP contribution in [0.15, 0.2) is 41.4 Å². The molecule has 0 saturated heterocycles. The minimum Gasteiger partial charge on any atom is -0.406 e. The molecule has 2 rings (SSSR count). The predicted molar refractivity (Wildman–Crippen MR) is 62.6 cm³/mol. The molecule has 0 aliphatic heterocycles. The van der Waals surface area contributed by atoms with Crippen LogP contribution < -0.4 is 4.74 Å². The Morgan fingerprint density at radius 1 is 1.15 bits per heavy atom. The van der Waals surface area contributed by atoms with Crippen molar-refractivity contribution in [2.24, 2.45) is 0 Å². The van der Waals surface area contributed by atoms with E-state index in [9.17, 15) is 21.6 Å². The second-order valence-electron chi connectivity index (χ2n) is 3.86. The molecule has 20 heavy (non-hydrogen) atoms. The van der Waals surface area contributed by atoms with Crippen molar-refractivity contribution in [2.45, 2.75) is 17.0 Å². The van der Waals surface area contributed by atoms with Gasteiger partial charge in [0.2, 0.25) is 0 Å². The SMILES string of the molecule is O=S(=O)(Cc1ccn[nH]1)c1ccc(OC(F)(F)F)cc1. The normalized spacial score (nSPS) is 12.3. The summed E-state index contributed by atoms with van der Waals surface area (Å²) in [5.74, 6) is -0.787. The molecule has 1 aromatic carbocycles.